The zero-order valence-corrected chi connectivity index (χ0v) is 14.3. The first kappa shape index (κ1) is 15.9. The van der Waals surface area contributed by atoms with Crippen molar-refractivity contribution in [2.75, 3.05) is 6.54 Å². The van der Waals surface area contributed by atoms with Crippen molar-refractivity contribution >= 4 is 21.8 Å². The lowest BCUT2D eigenvalue weighted by Crippen LogP contribution is -2.26. The fourth-order valence-corrected chi connectivity index (χ4v) is 3.09. The molecule has 0 bridgehead atoms. The van der Waals surface area contributed by atoms with Crippen LogP contribution in [0.25, 0.3) is 5.69 Å². The fraction of sp³-hybridized carbons (Fsp3) is 0.375. The van der Waals surface area contributed by atoms with Crippen LogP contribution >= 0.6 is 15.9 Å². The molecule has 23 heavy (non-hydrogen) atoms. The van der Waals surface area contributed by atoms with E-state index in [2.05, 4.69) is 42.8 Å². The maximum absolute atomic E-state index is 12.5. The van der Waals surface area contributed by atoms with Crippen LogP contribution in [0.5, 0.6) is 0 Å². The van der Waals surface area contributed by atoms with E-state index in [4.69, 9.17) is 0 Å². The summed E-state index contributed by atoms with van der Waals surface area (Å²) in [5.41, 5.74) is 2.66. The number of carbonyl (C=O) groups excluding carboxylic acids is 1. The Balaban J connectivity index is 1.69. The quantitative estimate of drug-likeness (QED) is 0.815. The predicted octanol–water partition coefficient (Wildman–Crippen LogP) is 3.05. The van der Waals surface area contributed by atoms with E-state index in [0.29, 0.717) is 17.8 Å². The molecule has 6 nitrogen and oxygen atoms in total. The lowest BCUT2D eigenvalue weighted by atomic mass is 9.97. The maximum Gasteiger partial charge on any atom is 0.253 e. The molecule has 2 aromatic rings. The summed E-state index contributed by atoms with van der Waals surface area (Å²) in [6, 6.07) is 5.46. The van der Waals surface area contributed by atoms with Crippen LogP contribution in [0.1, 0.15) is 42.5 Å². The van der Waals surface area contributed by atoms with Crippen molar-refractivity contribution in [2.45, 2.75) is 32.1 Å². The number of tetrazole rings is 1. The molecule has 120 valence electrons. The van der Waals surface area contributed by atoms with Gasteiger partial charge in [-0.25, -0.2) is 0 Å². The molecule has 0 atom stereocenters. The fourth-order valence-electron chi connectivity index (χ4n) is 2.73. The van der Waals surface area contributed by atoms with E-state index >= 15 is 0 Å². The molecule has 1 aromatic heterocycles. The SMILES string of the molecule is O=C(NCCC1=CCCCC1)c1cc(Br)ccc1-n1cnnn1. The summed E-state index contributed by atoms with van der Waals surface area (Å²) in [4.78, 5) is 12.5. The van der Waals surface area contributed by atoms with Gasteiger partial charge in [0.15, 0.2) is 0 Å². The number of halogens is 1. The second-order valence-corrected chi connectivity index (χ2v) is 6.45. The Labute approximate surface area is 143 Å². The number of rotatable bonds is 5. The topological polar surface area (TPSA) is 72.7 Å². The minimum atomic E-state index is -0.117. The highest BCUT2D eigenvalue weighted by Crippen LogP contribution is 2.21. The van der Waals surface area contributed by atoms with E-state index in [1.54, 1.807) is 6.07 Å². The average Bonchev–Trinajstić information content (AvgIpc) is 3.10. The number of hydrogen-bond donors (Lipinski definition) is 1. The van der Waals surface area contributed by atoms with E-state index in [9.17, 15) is 4.79 Å². The summed E-state index contributed by atoms with van der Waals surface area (Å²) in [5.74, 6) is -0.117. The van der Waals surface area contributed by atoms with Crippen molar-refractivity contribution in [3.8, 4) is 5.69 Å². The van der Waals surface area contributed by atoms with Crippen molar-refractivity contribution in [3.05, 3.63) is 46.2 Å². The van der Waals surface area contributed by atoms with Gasteiger partial charge in [-0.05, 0) is 60.7 Å². The summed E-state index contributed by atoms with van der Waals surface area (Å²) in [7, 11) is 0. The van der Waals surface area contributed by atoms with Gasteiger partial charge in [-0.15, -0.1) is 5.10 Å². The molecule has 1 N–H and O–H groups in total. The Morgan fingerprint density at radius 2 is 2.26 bits per heavy atom. The van der Waals surface area contributed by atoms with Crippen molar-refractivity contribution in [1.82, 2.24) is 25.5 Å². The summed E-state index contributed by atoms with van der Waals surface area (Å²) in [6.07, 6.45) is 9.56. The molecule has 0 aliphatic heterocycles. The van der Waals surface area contributed by atoms with E-state index in [1.807, 2.05) is 12.1 Å². The van der Waals surface area contributed by atoms with Crippen LogP contribution in [0.15, 0.2) is 40.6 Å². The second-order valence-electron chi connectivity index (χ2n) is 5.53. The molecule has 1 heterocycles. The zero-order valence-electron chi connectivity index (χ0n) is 12.7. The Hall–Kier alpha value is -2.02. The monoisotopic (exact) mass is 375 g/mol. The molecule has 0 radical (unpaired) electrons. The van der Waals surface area contributed by atoms with Crippen LogP contribution in [-0.4, -0.2) is 32.7 Å². The van der Waals surface area contributed by atoms with Crippen molar-refractivity contribution in [1.29, 1.82) is 0 Å². The van der Waals surface area contributed by atoms with Crippen molar-refractivity contribution in [3.63, 3.8) is 0 Å². The van der Waals surface area contributed by atoms with E-state index in [-0.39, 0.29) is 5.91 Å². The van der Waals surface area contributed by atoms with Gasteiger partial charge in [0.05, 0.1) is 11.3 Å². The number of carbonyl (C=O) groups is 1. The highest BCUT2D eigenvalue weighted by atomic mass is 79.9. The smallest absolute Gasteiger partial charge is 0.253 e. The Kier molecular flexibility index (Phi) is 5.17. The molecule has 7 heteroatoms. The third kappa shape index (κ3) is 4.04. The minimum absolute atomic E-state index is 0.117. The molecular weight excluding hydrogens is 358 g/mol. The normalized spacial score (nSPS) is 14.4. The molecule has 0 saturated heterocycles. The number of nitrogens with zero attached hydrogens (tertiary/aromatic N) is 4. The van der Waals surface area contributed by atoms with Crippen LogP contribution in [0, 0.1) is 0 Å². The molecule has 0 saturated carbocycles. The third-order valence-corrected chi connectivity index (χ3v) is 4.41. The molecule has 1 aliphatic rings. The van der Waals surface area contributed by atoms with Crippen LogP contribution in [0.4, 0.5) is 0 Å². The first-order valence-electron chi connectivity index (χ1n) is 7.73. The Morgan fingerprint density at radius 3 is 3.00 bits per heavy atom. The molecule has 0 unspecified atom stereocenters. The molecule has 0 fully saturated rings. The molecule has 0 spiro atoms. The van der Waals surface area contributed by atoms with Gasteiger partial charge >= 0.3 is 0 Å². The van der Waals surface area contributed by atoms with Crippen molar-refractivity contribution < 1.29 is 4.79 Å². The number of aromatic nitrogens is 4. The lowest BCUT2D eigenvalue weighted by Gasteiger charge is -2.14. The lowest BCUT2D eigenvalue weighted by molar-refractivity contribution is 0.0954. The molecule has 3 rings (SSSR count). The van der Waals surface area contributed by atoms with E-state index in [0.717, 1.165) is 17.3 Å². The van der Waals surface area contributed by atoms with E-state index in [1.165, 1.54) is 35.8 Å². The molecule has 1 aromatic carbocycles. The van der Waals surface area contributed by atoms with E-state index < -0.39 is 0 Å². The summed E-state index contributed by atoms with van der Waals surface area (Å²) >= 11 is 3.41. The third-order valence-electron chi connectivity index (χ3n) is 3.92. The maximum atomic E-state index is 12.5. The van der Waals surface area contributed by atoms with Gasteiger partial charge in [-0.2, -0.15) is 4.68 Å². The van der Waals surface area contributed by atoms with Crippen LogP contribution in [0.2, 0.25) is 0 Å². The van der Waals surface area contributed by atoms with Gasteiger partial charge in [0.1, 0.15) is 6.33 Å². The summed E-state index contributed by atoms with van der Waals surface area (Å²) in [6.45, 7) is 0.645. The first-order valence-corrected chi connectivity index (χ1v) is 8.52. The summed E-state index contributed by atoms with van der Waals surface area (Å²) in [5, 5.41) is 14.1. The largest absolute Gasteiger partial charge is 0.352 e. The van der Waals surface area contributed by atoms with Gasteiger partial charge in [0.2, 0.25) is 0 Å². The van der Waals surface area contributed by atoms with Crippen LogP contribution in [-0.2, 0) is 0 Å². The first-order chi connectivity index (χ1) is 11.2. The number of hydrogen-bond acceptors (Lipinski definition) is 4. The average molecular weight is 376 g/mol. The Morgan fingerprint density at radius 1 is 1.35 bits per heavy atom. The van der Waals surface area contributed by atoms with Gasteiger partial charge in [0, 0.05) is 11.0 Å². The highest BCUT2D eigenvalue weighted by molar-refractivity contribution is 9.10. The molecule has 1 amide bonds. The van der Waals surface area contributed by atoms with Crippen molar-refractivity contribution in [2.24, 2.45) is 0 Å². The number of benzene rings is 1. The standard InChI is InChI=1S/C16H18BrN5O/c17-13-6-7-15(22-11-19-20-21-22)14(10-13)16(23)18-9-8-12-4-2-1-3-5-12/h4,6-7,10-11H,1-3,5,8-9H2,(H,18,23). The number of allylic oxidation sites excluding steroid dienone is 1. The molecule has 1 aliphatic carbocycles. The van der Waals surface area contributed by atoms with Gasteiger partial charge in [-0.3, -0.25) is 4.79 Å². The second kappa shape index (κ2) is 7.50. The highest BCUT2D eigenvalue weighted by Gasteiger charge is 2.14. The van der Waals surface area contributed by atoms with Gasteiger partial charge < -0.3 is 5.32 Å². The van der Waals surface area contributed by atoms with Gasteiger partial charge in [-0.1, -0.05) is 27.6 Å². The number of amides is 1. The zero-order chi connectivity index (χ0) is 16.1. The molecular formula is C16H18BrN5O. The van der Waals surface area contributed by atoms with Gasteiger partial charge in [0.25, 0.3) is 5.91 Å². The van der Waals surface area contributed by atoms with Crippen LogP contribution < -0.4 is 5.32 Å². The minimum Gasteiger partial charge on any atom is -0.352 e. The van der Waals surface area contributed by atoms with Crippen LogP contribution in [0.3, 0.4) is 0 Å². The predicted molar refractivity (Wildman–Crippen MR) is 90.4 cm³/mol. The summed E-state index contributed by atoms with van der Waals surface area (Å²) < 4.78 is 2.33. The Bertz CT molecular complexity index is 711. The number of nitrogens with one attached hydrogen (secondary N) is 1.